The topological polar surface area (TPSA) is 35.2 Å². The molecule has 2 aliphatic rings. The molecular weight excluding hydrogens is 198 g/mol. The molecule has 2 fully saturated rings. The first-order valence-corrected chi connectivity index (χ1v) is 7.22. The minimum absolute atomic E-state index is 0.299. The molecule has 2 rings (SSSR count). The molecule has 94 valence electrons. The average Bonchev–Trinajstić information content (AvgIpc) is 2.33. The second kappa shape index (κ2) is 6.02. The average molecular weight is 225 g/mol. The van der Waals surface area contributed by atoms with E-state index >= 15 is 0 Å². The Balaban J connectivity index is 1.86. The van der Waals surface area contributed by atoms with E-state index in [1.54, 1.807) is 0 Å². The molecule has 0 saturated heterocycles. The summed E-state index contributed by atoms with van der Waals surface area (Å²) >= 11 is 0. The first kappa shape index (κ1) is 12.4. The normalized spacial score (nSPS) is 40.9. The Morgan fingerprint density at radius 2 is 1.56 bits per heavy atom. The third-order valence-corrected chi connectivity index (χ3v) is 4.47. The van der Waals surface area contributed by atoms with Gasteiger partial charge in [-0.05, 0) is 31.6 Å². The minimum Gasteiger partial charge on any atom is -0.373 e. The van der Waals surface area contributed by atoms with E-state index in [0.717, 1.165) is 12.3 Å². The summed E-state index contributed by atoms with van der Waals surface area (Å²) in [4.78, 5) is 0. The van der Waals surface area contributed by atoms with Crippen molar-refractivity contribution in [1.29, 1.82) is 0 Å². The summed E-state index contributed by atoms with van der Waals surface area (Å²) in [6.45, 7) is 2.30. The molecule has 0 aromatic heterocycles. The minimum atomic E-state index is 0.299. The first-order valence-electron chi connectivity index (χ1n) is 7.22. The highest BCUT2D eigenvalue weighted by atomic mass is 16.5. The second-order valence-electron chi connectivity index (χ2n) is 5.61. The summed E-state index contributed by atoms with van der Waals surface area (Å²) in [7, 11) is 0. The standard InChI is InChI=1S/C14H27NO/c1-2-11-7-3-5-9-13(11)16-14-10-6-4-8-12(14)15/h11-14H,2-10,15H2,1H3. The van der Waals surface area contributed by atoms with Crippen molar-refractivity contribution in [2.24, 2.45) is 11.7 Å². The molecule has 0 aromatic rings. The Hall–Kier alpha value is -0.0800. The largest absolute Gasteiger partial charge is 0.373 e. The third kappa shape index (κ3) is 2.98. The Kier molecular flexibility index (Phi) is 4.66. The van der Waals surface area contributed by atoms with E-state index < -0.39 is 0 Å². The highest BCUT2D eigenvalue weighted by molar-refractivity contribution is 4.82. The highest BCUT2D eigenvalue weighted by Gasteiger charge is 2.30. The fourth-order valence-corrected chi connectivity index (χ4v) is 3.34. The van der Waals surface area contributed by atoms with Gasteiger partial charge in [0.15, 0.2) is 0 Å². The molecular formula is C14H27NO. The molecule has 2 aliphatic carbocycles. The summed E-state index contributed by atoms with van der Waals surface area (Å²) < 4.78 is 6.32. The molecule has 0 radical (unpaired) electrons. The van der Waals surface area contributed by atoms with Crippen molar-refractivity contribution >= 4 is 0 Å². The van der Waals surface area contributed by atoms with Crippen LogP contribution in [0.5, 0.6) is 0 Å². The van der Waals surface area contributed by atoms with Gasteiger partial charge in [-0.25, -0.2) is 0 Å². The Morgan fingerprint density at radius 1 is 0.938 bits per heavy atom. The van der Waals surface area contributed by atoms with Crippen LogP contribution >= 0.6 is 0 Å². The summed E-state index contributed by atoms with van der Waals surface area (Å²) in [6.07, 6.45) is 12.5. The van der Waals surface area contributed by atoms with Gasteiger partial charge in [0.05, 0.1) is 12.2 Å². The quantitative estimate of drug-likeness (QED) is 0.800. The molecule has 0 spiro atoms. The first-order chi connectivity index (χ1) is 7.81. The monoisotopic (exact) mass is 225 g/mol. The SMILES string of the molecule is CCC1CCCCC1OC1CCCCC1N. The molecule has 0 aliphatic heterocycles. The number of nitrogens with two attached hydrogens (primary N) is 1. The van der Waals surface area contributed by atoms with Crippen molar-refractivity contribution in [2.75, 3.05) is 0 Å². The van der Waals surface area contributed by atoms with Gasteiger partial charge in [0, 0.05) is 6.04 Å². The number of hydrogen-bond acceptors (Lipinski definition) is 2. The van der Waals surface area contributed by atoms with Gasteiger partial charge in [0.25, 0.3) is 0 Å². The number of hydrogen-bond donors (Lipinski definition) is 1. The molecule has 4 unspecified atom stereocenters. The predicted octanol–water partition coefficient (Wildman–Crippen LogP) is 3.24. The molecule has 0 heterocycles. The van der Waals surface area contributed by atoms with E-state index in [1.807, 2.05) is 0 Å². The van der Waals surface area contributed by atoms with Crippen LogP contribution in [-0.4, -0.2) is 18.2 Å². The molecule has 4 atom stereocenters. The zero-order valence-electron chi connectivity index (χ0n) is 10.7. The molecule has 2 nitrogen and oxygen atoms in total. The second-order valence-corrected chi connectivity index (χ2v) is 5.61. The van der Waals surface area contributed by atoms with E-state index in [9.17, 15) is 0 Å². The predicted molar refractivity (Wildman–Crippen MR) is 67.4 cm³/mol. The van der Waals surface area contributed by atoms with Gasteiger partial charge in [0.2, 0.25) is 0 Å². The highest BCUT2D eigenvalue weighted by Crippen LogP contribution is 2.32. The van der Waals surface area contributed by atoms with E-state index in [-0.39, 0.29) is 0 Å². The summed E-state index contributed by atoms with van der Waals surface area (Å²) in [6, 6.07) is 0.299. The van der Waals surface area contributed by atoms with Gasteiger partial charge >= 0.3 is 0 Å². The molecule has 0 bridgehead atoms. The van der Waals surface area contributed by atoms with Crippen LogP contribution < -0.4 is 5.73 Å². The fourth-order valence-electron chi connectivity index (χ4n) is 3.34. The van der Waals surface area contributed by atoms with Crippen molar-refractivity contribution in [3.63, 3.8) is 0 Å². The Labute approximate surface area is 99.9 Å². The van der Waals surface area contributed by atoms with Gasteiger partial charge in [-0.1, -0.05) is 39.0 Å². The van der Waals surface area contributed by atoms with E-state index in [0.29, 0.717) is 18.2 Å². The van der Waals surface area contributed by atoms with Gasteiger partial charge in [-0.3, -0.25) is 0 Å². The molecule has 2 heteroatoms. The van der Waals surface area contributed by atoms with Gasteiger partial charge in [-0.2, -0.15) is 0 Å². The third-order valence-electron chi connectivity index (χ3n) is 4.47. The maximum atomic E-state index is 6.32. The van der Waals surface area contributed by atoms with Crippen LogP contribution in [-0.2, 0) is 4.74 Å². The summed E-state index contributed by atoms with van der Waals surface area (Å²) in [5.74, 6) is 0.794. The van der Waals surface area contributed by atoms with Crippen LogP contribution in [0.1, 0.15) is 64.7 Å². The van der Waals surface area contributed by atoms with Crippen molar-refractivity contribution in [3.05, 3.63) is 0 Å². The lowest BCUT2D eigenvalue weighted by molar-refractivity contribution is -0.0802. The van der Waals surface area contributed by atoms with Crippen LogP contribution in [0.25, 0.3) is 0 Å². The van der Waals surface area contributed by atoms with Gasteiger partial charge in [-0.15, -0.1) is 0 Å². The van der Waals surface area contributed by atoms with Crippen LogP contribution in [0.3, 0.4) is 0 Å². The molecule has 0 aromatic carbocycles. The molecule has 2 N–H and O–H groups in total. The van der Waals surface area contributed by atoms with E-state index in [1.165, 1.54) is 51.4 Å². The fraction of sp³-hybridized carbons (Fsp3) is 1.00. The Morgan fingerprint density at radius 3 is 2.25 bits per heavy atom. The molecule has 16 heavy (non-hydrogen) atoms. The number of rotatable bonds is 3. The summed E-state index contributed by atoms with van der Waals surface area (Å²) in [5.41, 5.74) is 6.16. The lowest BCUT2D eigenvalue weighted by atomic mass is 9.84. The van der Waals surface area contributed by atoms with Crippen molar-refractivity contribution in [2.45, 2.75) is 83.0 Å². The molecule has 0 amide bonds. The van der Waals surface area contributed by atoms with Crippen molar-refractivity contribution in [3.8, 4) is 0 Å². The van der Waals surface area contributed by atoms with E-state index in [2.05, 4.69) is 6.92 Å². The van der Waals surface area contributed by atoms with Crippen molar-refractivity contribution < 1.29 is 4.74 Å². The summed E-state index contributed by atoms with van der Waals surface area (Å²) in [5, 5.41) is 0. The van der Waals surface area contributed by atoms with Crippen molar-refractivity contribution in [1.82, 2.24) is 0 Å². The number of ether oxygens (including phenoxy) is 1. The molecule has 2 saturated carbocycles. The zero-order valence-corrected chi connectivity index (χ0v) is 10.7. The van der Waals surface area contributed by atoms with Crippen LogP contribution in [0.4, 0.5) is 0 Å². The Bertz CT molecular complexity index is 207. The van der Waals surface area contributed by atoms with E-state index in [4.69, 9.17) is 10.5 Å². The maximum Gasteiger partial charge on any atom is 0.0729 e. The lowest BCUT2D eigenvalue weighted by Gasteiger charge is -2.37. The van der Waals surface area contributed by atoms with Gasteiger partial charge < -0.3 is 10.5 Å². The van der Waals surface area contributed by atoms with Crippen LogP contribution in [0, 0.1) is 5.92 Å². The zero-order chi connectivity index (χ0) is 11.4. The van der Waals surface area contributed by atoms with Crippen LogP contribution in [0.2, 0.25) is 0 Å². The smallest absolute Gasteiger partial charge is 0.0729 e. The lowest BCUT2D eigenvalue weighted by Crippen LogP contribution is -2.43. The van der Waals surface area contributed by atoms with Gasteiger partial charge in [0.1, 0.15) is 0 Å². The van der Waals surface area contributed by atoms with Crippen LogP contribution in [0.15, 0.2) is 0 Å². The maximum absolute atomic E-state index is 6.32.